The molecule has 100 valence electrons. The van der Waals surface area contributed by atoms with E-state index >= 15 is 0 Å². The van der Waals surface area contributed by atoms with Gasteiger partial charge in [-0.2, -0.15) is 0 Å². The van der Waals surface area contributed by atoms with Gasteiger partial charge in [-0.15, -0.1) is 0 Å². The monoisotopic (exact) mass is 331 g/mol. The van der Waals surface area contributed by atoms with Crippen molar-refractivity contribution < 1.29 is 9.47 Å². The molecule has 0 bridgehead atoms. The van der Waals surface area contributed by atoms with E-state index in [0.29, 0.717) is 24.0 Å². The van der Waals surface area contributed by atoms with Crippen molar-refractivity contribution in [2.45, 2.75) is 26.4 Å². The van der Waals surface area contributed by atoms with Crippen LogP contribution in [0.5, 0.6) is 5.75 Å². The van der Waals surface area contributed by atoms with E-state index in [1.807, 2.05) is 39.0 Å². The van der Waals surface area contributed by atoms with Crippen molar-refractivity contribution >= 4 is 33.1 Å². The quantitative estimate of drug-likeness (QED) is 0.664. The van der Waals surface area contributed by atoms with Crippen LogP contribution in [-0.4, -0.2) is 23.8 Å². The molecule has 1 aromatic rings. The van der Waals surface area contributed by atoms with Crippen molar-refractivity contribution in [3.05, 3.63) is 28.2 Å². The Morgan fingerprint density at radius 1 is 1.33 bits per heavy atom. The van der Waals surface area contributed by atoms with Crippen LogP contribution in [0.1, 0.15) is 26.3 Å². The van der Waals surface area contributed by atoms with Gasteiger partial charge in [-0.25, -0.2) is 0 Å². The Balaban J connectivity index is 2.59. The maximum atomic E-state index is 5.66. The Morgan fingerprint density at radius 3 is 2.56 bits per heavy atom. The number of thiocarbonyl (C=S) groups is 1. The molecule has 0 aliphatic carbocycles. The average molecular weight is 332 g/mol. The fourth-order valence-corrected chi connectivity index (χ4v) is 1.84. The standard InChI is InChI=1S/C13H18BrNO2S/c1-13(2,3)17-7-6-16-11-5-4-9(14)8-10(11)12(15)18/h4-5,8H,6-7H2,1-3H3,(H2,15,18). The highest BCUT2D eigenvalue weighted by Crippen LogP contribution is 2.23. The van der Waals surface area contributed by atoms with E-state index in [-0.39, 0.29) is 5.60 Å². The molecular formula is C13H18BrNO2S. The van der Waals surface area contributed by atoms with Gasteiger partial charge in [0.25, 0.3) is 0 Å². The number of hydrogen-bond donors (Lipinski definition) is 1. The van der Waals surface area contributed by atoms with E-state index in [0.717, 1.165) is 10.0 Å². The van der Waals surface area contributed by atoms with E-state index in [4.69, 9.17) is 27.4 Å². The predicted octanol–water partition coefficient (Wildman–Crippen LogP) is 3.28. The molecular weight excluding hydrogens is 314 g/mol. The minimum Gasteiger partial charge on any atom is -0.490 e. The highest BCUT2D eigenvalue weighted by molar-refractivity contribution is 9.10. The van der Waals surface area contributed by atoms with Gasteiger partial charge in [0, 0.05) is 4.47 Å². The second-order valence-electron chi connectivity index (χ2n) is 4.81. The molecule has 1 aromatic carbocycles. The van der Waals surface area contributed by atoms with Crippen LogP contribution in [0.2, 0.25) is 0 Å². The summed E-state index contributed by atoms with van der Waals surface area (Å²) in [5.74, 6) is 0.684. The minimum atomic E-state index is -0.158. The van der Waals surface area contributed by atoms with Crippen molar-refractivity contribution in [1.82, 2.24) is 0 Å². The first kappa shape index (κ1) is 15.4. The minimum absolute atomic E-state index is 0.158. The Hall–Kier alpha value is -0.650. The van der Waals surface area contributed by atoms with Crippen LogP contribution < -0.4 is 10.5 Å². The Bertz CT molecular complexity index is 429. The molecule has 5 heteroatoms. The largest absolute Gasteiger partial charge is 0.490 e. The van der Waals surface area contributed by atoms with Crippen LogP contribution in [-0.2, 0) is 4.74 Å². The van der Waals surface area contributed by atoms with E-state index in [2.05, 4.69) is 15.9 Å². The van der Waals surface area contributed by atoms with Crippen LogP contribution in [0.4, 0.5) is 0 Å². The summed E-state index contributed by atoms with van der Waals surface area (Å²) in [5.41, 5.74) is 6.23. The zero-order valence-electron chi connectivity index (χ0n) is 10.8. The Labute approximate surface area is 122 Å². The third-order valence-corrected chi connectivity index (χ3v) is 2.80. The molecule has 0 radical (unpaired) electrons. The van der Waals surface area contributed by atoms with Crippen LogP contribution in [0.3, 0.4) is 0 Å². The SMILES string of the molecule is CC(C)(C)OCCOc1ccc(Br)cc1C(N)=S. The van der Waals surface area contributed by atoms with Gasteiger partial charge in [0.2, 0.25) is 0 Å². The summed E-state index contributed by atoms with van der Waals surface area (Å²) >= 11 is 8.37. The van der Waals surface area contributed by atoms with Crippen LogP contribution in [0.25, 0.3) is 0 Å². The third-order valence-electron chi connectivity index (χ3n) is 2.08. The zero-order chi connectivity index (χ0) is 13.8. The van der Waals surface area contributed by atoms with E-state index < -0.39 is 0 Å². The maximum absolute atomic E-state index is 5.66. The maximum Gasteiger partial charge on any atom is 0.129 e. The zero-order valence-corrected chi connectivity index (χ0v) is 13.2. The van der Waals surface area contributed by atoms with Gasteiger partial charge in [0.05, 0.1) is 17.8 Å². The van der Waals surface area contributed by atoms with Gasteiger partial charge in [-0.05, 0) is 39.0 Å². The number of hydrogen-bond acceptors (Lipinski definition) is 3. The molecule has 2 N–H and O–H groups in total. The van der Waals surface area contributed by atoms with Gasteiger partial charge in [0.1, 0.15) is 17.3 Å². The van der Waals surface area contributed by atoms with Crippen LogP contribution in [0, 0.1) is 0 Å². The second kappa shape index (κ2) is 6.50. The van der Waals surface area contributed by atoms with Crippen molar-refractivity contribution in [2.24, 2.45) is 5.73 Å². The van der Waals surface area contributed by atoms with Gasteiger partial charge >= 0.3 is 0 Å². The summed E-state index contributed by atoms with van der Waals surface area (Å²) in [6, 6.07) is 5.58. The lowest BCUT2D eigenvalue weighted by Crippen LogP contribution is -2.23. The topological polar surface area (TPSA) is 44.5 Å². The summed E-state index contributed by atoms with van der Waals surface area (Å²) < 4.78 is 12.1. The fraction of sp³-hybridized carbons (Fsp3) is 0.462. The van der Waals surface area contributed by atoms with Gasteiger partial charge in [-0.3, -0.25) is 0 Å². The van der Waals surface area contributed by atoms with Gasteiger partial charge in [-0.1, -0.05) is 28.1 Å². The van der Waals surface area contributed by atoms with Gasteiger partial charge < -0.3 is 15.2 Å². The first-order valence-corrected chi connectivity index (χ1v) is 6.86. The normalized spacial score (nSPS) is 11.3. The number of benzene rings is 1. The first-order chi connectivity index (χ1) is 8.29. The number of rotatable bonds is 5. The van der Waals surface area contributed by atoms with Crippen LogP contribution >= 0.6 is 28.1 Å². The predicted molar refractivity (Wildman–Crippen MR) is 81.2 cm³/mol. The summed E-state index contributed by atoms with van der Waals surface area (Å²) in [6.45, 7) is 7.01. The highest BCUT2D eigenvalue weighted by atomic mass is 79.9. The number of halogens is 1. The molecule has 0 atom stereocenters. The van der Waals surface area contributed by atoms with Crippen molar-refractivity contribution in [1.29, 1.82) is 0 Å². The Kier molecular flexibility index (Phi) is 5.56. The lowest BCUT2D eigenvalue weighted by Gasteiger charge is -2.20. The smallest absolute Gasteiger partial charge is 0.129 e. The van der Waals surface area contributed by atoms with Gasteiger partial charge in [0.15, 0.2) is 0 Å². The second-order valence-corrected chi connectivity index (χ2v) is 6.17. The first-order valence-electron chi connectivity index (χ1n) is 5.66. The lowest BCUT2D eigenvalue weighted by molar-refractivity contribution is -0.0163. The number of nitrogens with two attached hydrogens (primary N) is 1. The van der Waals surface area contributed by atoms with Crippen LogP contribution in [0.15, 0.2) is 22.7 Å². The molecule has 0 saturated carbocycles. The Morgan fingerprint density at radius 2 is 2.00 bits per heavy atom. The summed E-state index contributed by atoms with van der Waals surface area (Å²) in [4.78, 5) is 0.322. The molecule has 1 rings (SSSR count). The van der Waals surface area contributed by atoms with Crippen molar-refractivity contribution in [3.63, 3.8) is 0 Å². The molecule has 0 aliphatic rings. The van der Waals surface area contributed by atoms with Crippen molar-refractivity contribution in [2.75, 3.05) is 13.2 Å². The molecule has 0 saturated heterocycles. The molecule has 0 heterocycles. The summed E-state index contributed by atoms with van der Waals surface area (Å²) in [6.07, 6.45) is 0. The molecule has 0 aromatic heterocycles. The molecule has 0 spiro atoms. The lowest BCUT2D eigenvalue weighted by atomic mass is 10.2. The number of ether oxygens (including phenoxy) is 2. The molecule has 0 fully saturated rings. The van der Waals surface area contributed by atoms with Crippen molar-refractivity contribution in [3.8, 4) is 5.75 Å². The average Bonchev–Trinajstić information content (AvgIpc) is 2.24. The van der Waals surface area contributed by atoms with E-state index in [1.54, 1.807) is 0 Å². The summed E-state index contributed by atoms with van der Waals surface area (Å²) in [5, 5.41) is 0. The molecule has 18 heavy (non-hydrogen) atoms. The van der Waals surface area contributed by atoms with E-state index in [9.17, 15) is 0 Å². The molecule has 0 unspecified atom stereocenters. The molecule has 0 aliphatic heterocycles. The third kappa shape index (κ3) is 5.33. The molecule has 3 nitrogen and oxygen atoms in total. The van der Waals surface area contributed by atoms with E-state index in [1.165, 1.54) is 0 Å². The molecule has 0 amide bonds. The highest BCUT2D eigenvalue weighted by Gasteiger charge is 2.11. The summed E-state index contributed by atoms with van der Waals surface area (Å²) in [7, 11) is 0. The fourth-order valence-electron chi connectivity index (χ4n) is 1.32.